The molecule has 3 heterocycles. The molecule has 140 valence electrons. The number of fused-ring (bicyclic) bond motifs is 1. The Labute approximate surface area is 158 Å². The molecule has 2 aromatic heterocycles. The number of methoxy groups -OCH3 is 1. The van der Waals surface area contributed by atoms with Crippen LogP contribution in [-0.2, 0) is 11.3 Å². The fourth-order valence-electron chi connectivity index (χ4n) is 3.66. The number of nitrogens with one attached hydrogen (secondary N) is 2. The Bertz CT molecular complexity index is 922. The number of amides is 1. The molecular formula is C21H24N4O2. The molecule has 1 amide bonds. The summed E-state index contributed by atoms with van der Waals surface area (Å²) in [5, 5.41) is 4.16. The first-order valence-corrected chi connectivity index (χ1v) is 9.32. The van der Waals surface area contributed by atoms with Crippen LogP contribution in [0.5, 0.6) is 5.75 Å². The van der Waals surface area contributed by atoms with E-state index in [2.05, 4.69) is 26.3 Å². The molecule has 1 aliphatic heterocycles. The molecule has 6 heteroatoms. The highest BCUT2D eigenvalue weighted by Gasteiger charge is 2.26. The Morgan fingerprint density at radius 1 is 1.33 bits per heavy atom. The predicted molar refractivity (Wildman–Crippen MR) is 106 cm³/mol. The summed E-state index contributed by atoms with van der Waals surface area (Å²) in [6.07, 6.45) is 3.71. The molecular weight excluding hydrogens is 340 g/mol. The zero-order valence-corrected chi connectivity index (χ0v) is 15.4. The van der Waals surface area contributed by atoms with E-state index in [1.807, 2.05) is 36.4 Å². The first-order valence-electron chi connectivity index (χ1n) is 9.32. The monoisotopic (exact) mass is 364 g/mol. The average Bonchev–Trinajstić information content (AvgIpc) is 3.14. The molecule has 1 aromatic carbocycles. The number of piperidine rings is 1. The molecule has 6 nitrogen and oxygen atoms in total. The number of hydrogen-bond acceptors (Lipinski definition) is 4. The summed E-state index contributed by atoms with van der Waals surface area (Å²) < 4.78 is 5.26. The highest BCUT2D eigenvalue weighted by Crippen LogP contribution is 2.23. The van der Waals surface area contributed by atoms with Gasteiger partial charge in [0.1, 0.15) is 11.6 Å². The second-order valence-corrected chi connectivity index (χ2v) is 6.94. The van der Waals surface area contributed by atoms with Gasteiger partial charge in [-0.15, -0.1) is 0 Å². The van der Waals surface area contributed by atoms with Crippen LogP contribution in [0, 0.1) is 5.92 Å². The van der Waals surface area contributed by atoms with Gasteiger partial charge in [-0.1, -0.05) is 6.07 Å². The summed E-state index contributed by atoms with van der Waals surface area (Å²) in [4.78, 5) is 22.6. The quantitative estimate of drug-likeness (QED) is 0.730. The third-order valence-corrected chi connectivity index (χ3v) is 5.10. The normalized spacial score (nSPS) is 17.1. The standard InChI is InChI=1S/C21H24N4O2/c1-27-18-7-8-19-16(12-18)11-17(24-19)13-23-21(26)15-5-4-10-25(14-15)20-6-2-3-9-22-20/h2-3,6-9,11-12,15,24H,4-5,10,13-14H2,1H3,(H,23,26). The lowest BCUT2D eigenvalue weighted by Crippen LogP contribution is -2.43. The van der Waals surface area contributed by atoms with Crippen molar-refractivity contribution in [1.29, 1.82) is 0 Å². The van der Waals surface area contributed by atoms with Gasteiger partial charge in [0.2, 0.25) is 5.91 Å². The van der Waals surface area contributed by atoms with E-state index in [4.69, 9.17) is 4.74 Å². The maximum atomic E-state index is 12.7. The SMILES string of the molecule is COc1ccc2[nH]c(CNC(=O)C3CCCN(c4ccccn4)C3)cc2c1. The number of carbonyl (C=O) groups excluding carboxylic acids is 1. The maximum absolute atomic E-state index is 12.7. The number of H-pyrrole nitrogens is 1. The fourth-order valence-corrected chi connectivity index (χ4v) is 3.66. The molecule has 1 fully saturated rings. The maximum Gasteiger partial charge on any atom is 0.225 e. The predicted octanol–water partition coefficient (Wildman–Crippen LogP) is 3.10. The van der Waals surface area contributed by atoms with E-state index in [0.29, 0.717) is 13.1 Å². The van der Waals surface area contributed by atoms with Gasteiger partial charge < -0.3 is 19.9 Å². The van der Waals surface area contributed by atoms with Gasteiger partial charge in [0.15, 0.2) is 0 Å². The minimum Gasteiger partial charge on any atom is -0.497 e. The summed E-state index contributed by atoms with van der Waals surface area (Å²) in [5.41, 5.74) is 2.03. The van der Waals surface area contributed by atoms with Crippen LogP contribution in [0.25, 0.3) is 10.9 Å². The number of pyridine rings is 1. The van der Waals surface area contributed by atoms with Crippen molar-refractivity contribution in [3.63, 3.8) is 0 Å². The van der Waals surface area contributed by atoms with E-state index in [9.17, 15) is 4.79 Å². The van der Waals surface area contributed by atoms with Gasteiger partial charge in [0.25, 0.3) is 0 Å². The van der Waals surface area contributed by atoms with Crippen molar-refractivity contribution in [2.75, 3.05) is 25.1 Å². The lowest BCUT2D eigenvalue weighted by Gasteiger charge is -2.32. The van der Waals surface area contributed by atoms with E-state index >= 15 is 0 Å². The zero-order valence-electron chi connectivity index (χ0n) is 15.4. The summed E-state index contributed by atoms with van der Waals surface area (Å²) >= 11 is 0. The van der Waals surface area contributed by atoms with Crippen molar-refractivity contribution in [3.8, 4) is 5.75 Å². The number of benzene rings is 1. The molecule has 4 rings (SSSR count). The van der Waals surface area contributed by atoms with E-state index in [0.717, 1.165) is 47.6 Å². The highest BCUT2D eigenvalue weighted by atomic mass is 16.5. The molecule has 1 unspecified atom stereocenters. The lowest BCUT2D eigenvalue weighted by atomic mass is 9.97. The molecule has 1 saturated heterocycles. The zero-order chi connectivity index (χ0) is 18.6. The Morgan fingerprint density at radius 2 is 2.26 bits per heavy atom. The Kier molecular flexibility index (Phi) is 4.96. The van der Waals surface area contributed by atoms with Crippen LogP contribution in [0.3, 0.4) is 0 Å². The lowest BCUT2D eigenvalue weighted by molar-refractivity contribution is -0.125. The minimum absolute atomic E-state index is 0.00905. The Balaban J connectivity index is 1.37. The van der Waals surface area contributed by atoms with Crippen LogP contribution in [0.2, 0.25) is 0 Å². The molecule has 27 heavy (non-hydrogen) atoms. The Morgan fingerprint density at radius 3 is 3.07 bits per heavy atom. The summed E-state index contributed by atoms with van der Waals surface area (Å²) in [7, 11) is 1.66. The third-order valence-electron chi connectivity index (χ3n) is 5.10. The number of anilines is 1. The minimum atomic E-state index is -0.00905. The van der Waals surface area contributed by atoms with E-state index in [-0.39, 0.29) is 11.8 Å². The number of hydrogen-bond donors (Lipinski definition) is 2. The van der Waals surface area contributed by atoms with E-state index in [1.165, 1.54) is 0 Å². The number of aromatic amines is 1. The highest BCUT2D eigenvalue weighted by molar-refractivity contribution is 5.83. The van der Waals surface area contributed by atoms with Crippen LogP contribution < -0.4 is 15.0 Å². The van der Waals surface area contributed by atoms with Gasteiger partial charge in [0.05, 0.1) is 19.6 Å². The molecule has 0 saturated carbocycles. The van der Waals surface area contributed by atoms with Gasteiger partial charge in [-0.25, -0.2) is 4.98 Å². The second kappa shape index (κ2) is 7.70. The number of carbonyl (C=O) groups is 1. The van der Waals surface area contributed by atoms with Crippen molar-refractivity contribution < 1.29 is 9.53 Å². The number of ether oxygens (including phenoxy) is 1. The average molecular weight is 364 g/mol. The van der Waals surface area contributed by atoms with E-state index < -0.39 is 0 Å². The molecule has 0 radical (unpaired) electrons. The van der Waals surface area contributed by atoms with Crippen molar-refractivity contribution in [3.05, 3.63) is 54.4 Å². The van der Waals surface area contributed by atoms with Crippen molar-refractivity contribution in [2.24, 2.45) is 5.92 Å². The third kappa shape index (κ3) is 3.89. The molecule has 1 atom stereocenters. The largest absolute Gasteiger partial charge is 0.497 e. The summed E-state index contributed by atoms with van der Waals surface area (Å²) in [6.45, 7) is 2.16. The van der Waals surface area contributed by atoms with Gasteiger partial charge in [-0.3, -0.25) is 4.79 Å². The first kappa shape index (κ1) is 17.4. The molecule has 0 bridgehead atoms. The Hall–Kier alpha value is -3.02. The smallest absolute Gasteiger partial charge is 0.225 e. The molecule has 1 aliphatic rings. The molecule has 0 aliphatic carbocycles. The van der Waals surface area contributed by atoms with Crippen LogP contribution >= 0.6 is 0 Å². The molecule has 0 spiro atoms. The number of rotatable bonds is 5. The van der Waals surface area contributed by atoms with Crippen molar-refractivity contribution in [2.45, 2.75) is 19.4 Å². The number of aromatic nitrogens is 2. The van der Waals surface area contributed by atoms with Gasteiger partial charge in [0, 0.05) is 35.9 Å². The molecule has 3 aromatic rings. The van der Waals surface area contributed by atoms with Gasteiger partial charge in [-0.2, -0.15) is 0 Å². The fraction of sp³-hybridized carbons (Fsp3) is 0.333. The van der Waals surface area contributed by atoms with Crippen LogP contribution in [0.4, 0.5) is 5.82 Å². The van der Waals surface area contributed by atoms with Gasteiger partial charge in [-0.05, 0) is 49.2 Å². The first-order chi connectivity index (χ1) is 13.2. The van der Waals surface area contributed by atoms with Crippen molar-refractivity contribution in [1.82, 2.24) is 15.3 Å². The topological polar surface area (TPSA) is 70.2 Å². The van der Waals surface area contributed by atoms with Crippen molar-refractivity contribution >= 4 is 22.6 Å². The van der Waals surface area contributed by atoms with Crippen LogP contribution in [-0.4, -0.2) is 36.1 Å². The van der Waals surface area contributed by atoms with Crippen LogP contribution in [0.1, 0.15) is 18.5 Å². The van der Waals surface area contributed by atoms with Crippen LogP contribution in [0.15, 0.2) is 48.7 Å². The van der Waals surface area contributed by atoms with E-state index in [1.54, 1.807) is 13.3 Å². The van der Waals surface area contributed by atoms with Gasteiger partial charge >= 0.3 is 0 Å². The summed E-state index contributed by atoms with van der Waals surface area (Å²) in [6, 6.07) is 13.9. The summed E-state index contributed by atoms with van der Waals surface area (Å²) in [5.74, 6) is 1.87. The number of nitrogens with zero attached hydrogens (tertiary/aromatic N) is 2. The second-order valence-electron chi connectivity index (χ2n) is 6.94. The molecule has 2 N–H and O–H groups in total.